The van der Waals surface area contributed by atoms with Crippen LogP contribution in [-0.4, -0.2) is 30.6 Å². The molecule has 0 saturated carbocycles. The van der Waals surface area contributed by atoms with Crippen molar-refractivity contribution in [2.75, 3.05) is 19.6 Å². The van der Waals surface area contributed by atoms with Crippen molar-refractivity contribution in [3.05, 3.63) is 0 Å². The van der Waals surface area contributed by atoms with E-state index in [9.17, 15) is 0 Å². The highest BCUT2D eigenvalue weighted by molar-refractivity contribution is 4.79. The molecule has 0 bridgehead atoms. The van der Waals surface area contributed by atoms with E-state index in [2.05, 4.69) is 25.7 Å². The molecule has 2 heteroatoms. The molecule has 1 aliphatic rings. The number of piperidine rings is 1. The first-order valence-corrected chi connectivity index (χ1v) is 6.63. The maximum Gasteiger partial charge on any atom is 0.0105 e. The Bertz CT molecular complexity index is 160. The molecule has 0 aromatic heterocycles. The van der Waals surface area contributed by atoms with Gasteiger partial charge in [0, 0.05) is 6.04 Å². The zero-order valence-electron chi connectivity index (χ0n) is 10.7. The van der Waals surface area contributed by atoms with Gasteiger partial charge in [0.25, 0.3) is 0 Å². The van der Waals surface area contributed by atoms with Crippen LogP contribution in [0.3, 0.4) is 0 Å². The third-order valence-electron chi connectivity index (χ3n) is 4.00. The topological polar surface area (TPSA) is 29.3 Å². The van der Waals surface area contributed by atoms with Crippen LogP contribution < -0.4 is 5.73 Å². The molecule has 0 aromatic rings. The molecule has 1 aliphatic heterocycles. The third kappa shape index (κ3) is 3.76. The summed E-state index contributed by atoms with van der Waals surface area (Å²) in [5.41, 5.74) is 5.66. The van der Waals surface area contributed by atoms with E-state index in [-0.39, 0.29) is 0 Å². The molecule has 1 atom stereocenters. The molecule has 0 amide bonds. The lowest BCUT2D eigenvalue weighted by Crippen LogP contribution is -2.42. The minimum atomic E-state index is 0.739. The molecule has 1 heterocycles. The highest BCUT2D eigenvalue weighted by Crippen LogP contribution is 2.26. The second kappa shape index (κ2) is 6.49. The molecular weight excluding hydrogens is 184 g/mol. The highest BCUT2D eigenvalue weighted by atomic mass is 15.2. The van der Waals surface area contributed by atoms with Crippen molar-refractivity contribution in [3.63, 3.8) is 0 Å². The average molecular weight is 212 g/mol. The smallest absolute Gasteiger partial charge is 0.0105 e. The molecule has 90 valence electrons. The van der Waals surface area contributed by atoms with Gasteiger partial charge in [-0.05, 0) is 57.2 Å². The Balaban J connectivity index is 2.35. The van der Waals surface area contributed by atoms with Crippen LogP contribution in [0.1, 0.15) is 46.5 Å². The largest absolute Gasteiger partial charge is 0.330 e. The molecule has 0 aliphatic carbocycles. The third-order valence-corrected chi connectivity index (χ3v) is 4.00. The fraction of sp³-hybridized carbons (Fsp3) is 1.00. The van der Waals surface area contributed by atoms with Gasteiger partial charge in [-0.15, -0.1) is 0 Å². The van der Waals surface area contributed by atoms with E-state index in [4.69, 9.17) is 5.73 Å². The first kappa shape index (κ1) is 13.0. The van der Waals surface area contributed by atoms with E-state index in [1.54, 1.807) is 0 Å². The molecule has 1 saturated heterocycles. The maximum absolute atomic E-state index is 5.66. The van der Waals surface area contributed by atoms with Gasteiger partial charge in [0.1, 0.15) is 0 Å². The van der Waals surface area contributed by atoms with E-state index in [0.717, 1.165) is 24.4 Å². The second-order valence-electron chi connectivity index (χ2n) is 5.26. The Labute approximate surface area is 95.2 Å². The SMILES string of the molecule is CCC(CCN)N1CCC(C(C)C)CC1. The Morgan fingerprint density at radius 3 is 2.27 bits per heavy atom. The van der Waals surface area contributed by atoms with Crippen LogP contribution in [0.4, 0.5) is 0 Å². The number of rotatable bonds is 5. The molecular formula is C13H28N2. The van der Waals surface area contributed by atoms with Crippen LogP contribution >= 0.6 is 0 Å². The summed E-state index contributed by atoms with van der Waals surface area (Å²) in [5.74, 6) is 1.82. The van der Waals surface area contributed by atoms with Gasteiger partial charge in [-0.25, -0.2) is 0 Å². The van der Waals surface area contributed by atoms with Crippen LogP contribution in [0.15, 0.2) is 0 Å². The van der Waals surface area contributed by atoms with Crippen molar-refractivity contribution in [2.45, 2.75) is 52.5 Å². The minimum absolute atomic E-state index is 0.739. The van der Waals surface area contributed by atoms with Gasteiger partial charge in [-0.1, -0.05) is 20.8 Å². The number of nitrogens with two attached hydrogens (primary N) is 1. The standard InChI is InChI=1S/C13H28N2/c1-4-13(5-8-14)15-9-6-12(7-10-15)11(2)3/h11-13H,4-10,14H2,1-3H3. The second-order valence-corrected chi connectivity index (χ2v) is 5.26. The number of nitrogens with zero attached hydrogens (tertiary/aromatic N) is 1. The molecule has 0 aromatic carbocycles. The van der Waals surface area contributed by atoms with Crippen LogP contribution in [-0.2, 0) is 0 Å². The van der Waals surface area contributed by atoms with E-state index in [0.29, 0.717) is 0 Å². The van der Waals surface area contributed by atoms with E-state index in [1.165, 1.54) is 38.8 Å². The number of likely N-dealkylation sites (tertiary alicyclic amines) is 1. The Hall–Kier alpha value is -0.0800. The van der Waals surface area contributed by atoms with Gasteiger partial charge in [-0.3, -0.25) is 0 Å². The minimum Gasteiger partial charge on any atom is -0.330 e. The lowest BCUT2D eigenvalue weighted by Gasteiger charge is -2.38. The summed E-state index contributed by atoms with van der Waals surface area (Å²) in [5, 5.41) is 0. The fourth-order valence-electron chi connectivity index (χ4n) is 2.79. The van der Waals surface area contributed by atoms with E-state index >= 15 is 0 Å². The van der Waals surface area contributed by atoms with Crippen LogP contribution in [0, 0.1) is 11.8 Å². The lowest BCUT2D eigenvalue weighted by atomic mass is 9.86. The zero-order valence-corrected chi connectivity index (χ0v) is 10.7. The summed E-state index contributed by atoms with van der Waals surface area (Å²) in [7, 11) is 0. The van der Waals surface area contributed by atoms with Crippen molar-refractivity contribution in [1.29, 1.82) is 0 Å². The van der Waals surface area contributed by atoms with Gasteiger partial charge >= 0.3 is 0 Å². The molecule has 1 rings (SSSR count). The Kier molecular flexibility index (Phi) is 5.62. The van der Waals surface area contributed by atoms with Gasteiger partial charge in [-0.2, -0.15) is 0 Å². The highest BCUT2D eigenvalue weighted by Gasteiger charge is 2.24. The van der Waals surface area contributed by atoms with E-state index in [1.807, 2.05) is 0 Å². The van der Waals surface area contributed by atoms with E-state index < -0.39 is 0 Å². The molecule has 0 radical (unpaired) electrons. The summed E-state index contributed by atoms with van der Waals surface area (Å²) in [6.45, 7) is 10.4. The monoisotopic (exact) mass is 212 g/mol. The molecule has 2 nitrogen and oxygen atoms in total. The first-order valence-electron chi connectivity index (χ1n) is 6.63. The van der Waals surface area contributed by atoms with Gasteiger partial charge in [0.05, 0.1) is 0 Å². The summed E-state index contributed by atoms with van der Waals surface area (Å²) in [6.07, 6.45) is 5.20. The molecule has 15 heavy (non-hydrogen) atoms. The van der Waals surface area contributed by atoms with Crippen LogP contribution in [0.5, 0.6) is 0 Å². The van der Waals surface area contributed by atoms with Gasteiger partial charge < -0.3 is 10.6 Å². The van der Waals surface area contributed by atoms with Gasteiger partial charge in [0.15, 0.2) is 0 Å². The zero-order chi connectivity index (χ0) is 11.3. The van der Waals surface area contributed by atoms with Crippen molar-refractivity contribution >= 4 is 0 Å². The Morgan fingerprint density at radius 1 is 1.27 bits per heavy atom. The first-order chi connectivity index (χ1) is 7.19. The number of hydrogen-bond acceptors (Lipinski definition) is 2. The van der Waals surface area contributed by atoms with Crippen molar-refractivity contribution in [1.82, 2.24) is 4.90 Å². The molecule has 1 unspecified atom stereocenters. The quantitative estimate of drug-likeness (QED) is 0.758. The summed E-state index contributed by atoms with van der Waals surface area (Å²) in [4.78, 5) is 2.66. The fourth-order valence-corrected chi connectivity index (χ4v) is 2.79. The summed E-state index contributed by atoms with van der Waals surface area (Å²) in [6, 6.07) is 0.739. The maximum atomic E-state index is 5.66. The van der Waals surface area contributed by atoms with Crippen LogP contribution in [0.2, 0.25) is 0 Å². The van der Waals surface area contributed by atoms with Crippen molar-refractivity contribution < 1.29 is 0 Å². The predicted molar refractivity (Wildman–Crippen MR) is 66.9 cm³/mol. The average Bonchev–Trinajstić information content (AvgIpc) is 2.26. The van der Waals surface area contributed by atoms with Crippen molar-refractivity contribution in [3.8, 4) is 0 Å². The lowest BCUT2D eigenvalue weighted by molar-refractivity contribution is 0.108. The molecule has 0 spiro atoms. The molecule has 2 N–H and O–H groups in total. The van der Waals surface area contributed by atoms with Crippen LogP contribution in [0.25, 0.3) is 0 Å². The Morgan fingerprint density at radius 2 is 1.87 bits per heavy atom. The summed E-state index contributed by atoms with van der Waals surface area (Å²) < 4.78 is 0. The predicted octanol–water partition coefficient (Wildman–Crippen LogP) is 2.48. The summed E-state index contributed by atoms with van der Waals surface area (Å²) >= 11 is 0. The normalized spacial score (nSPS) is 22.2. The van der Waals surface area contributed by atoms with Crippen molar-refractivity contribution in [2.24, 2.45) is 17.6 Å². The number of hydrogen-bond donors (Lipinski definition) is 1. The van der Waals surface area contributed by atoms with Gasteiger partial charge in [0.2, 0.25) is 0 Å². The molecule has 1 fully saturated rings.